The molecule has 1 aliphatic rings. The first-order valence-electron chi connectivity index (χ1n) is 8.30. The van der Waals surface area contributed by atoms with Crippen molar-refractivity contribution in [3.05, 3.63) is 22.5 Å². The first kappa shape index (κ1) is 18.6. The zero-order valence-electron chi connectivity index (χ0n) is 15.0. The van der Waals surface area contributed by atoms with Gasteiger partial charge in [-0.05, 0) is 38.7 Å². The van der Waals surface area contributed by atoms with Crippen LogP contribution in [0.5, 0.6) is 0 Å². The maximum Gasteiger partial charge on any atom is 0.340 e. The molecule has 1 aromatic rings. The van der Waals surface area contributed by atoms with Crippen molar-refractivity contribution in [2.24, 2.45) is 16.0 Å². The number of rotatable bonds is 6. The fourth-order valence-corrected chi connectivity index (χ4v) is 3.27. The van der Waals surface area contributed by atoms with Crippen LogP contribution in [0.15, 0.2) is 10.1 Å². The SMILES string of the molecule is CCOC(=O)c1c(C)[nH]c(C2=NNC(=NCCC(C)C)SC2)c1C. The third-order valence-corrected chi connectivity index (χ3v) is 4.71. The van der Waals surface area contributed by atoms with Crippen LogP contribution in [0.3, 0.4) is 0 Å². The molecule has 0 amide bonds. The van der Waals surface area contributed by atoms with Gasteiger partial charge in [0.25, 0.3) is 0 Å². The van der Waals surface area contributed by atoms with E-state index in [2.05, 4.69) is 34.4 Å². The average Bonchev–Trinajstić information content (AvgIpc) is 2.83. The summed E-state index contributed by atoms with van der Waals surface area (Å²) in [6.45, 7) is 11.2. The van der Waals surface area contributed by atoms with Gasteiger partial charge in [-0.1, -0.05) is 25.6 Å². The van der Waals surface area contributed by atoms with Crippen LogP contribution < -0.4 is 5.43 Å². The number of ether oxygens (including phenoxy) is 1. The highest BCUT2D eigenvalue weighted by molar-refractivity contribution is 8.14. The average molecular weight is 350 g/mol. The molecule has 0 spiro atoms. The number of aromatic amines is 1. The quantitative estimate of drug-likeness (QED) is 0.772. The van der Waals surface area contributed by atoms with E-state index >= 15 is 0 Å². The Hall–Kier alpha value is -1.76. The van der Waals surface area contributed by atoms with E-state index in [1.165, 1.54) is 0 Å². The number of nitrogens with one attached hydrogen (secondary N) is 2. The minimum atomic E-state index is -0.289. The molecule has 132 valence electrons. The number of aliphatic imine (C=N–C) groups is 1. The molecule has 0 atom stereocenters. The Bertz CT molecular complexity index is 662. The second kappa shape index (κ2) is 8.37. The molecule has 0 aromatic carbocycles. The molecule has 24 heavy (non-hydrogen) atoms. The number of aromatic nitrogens is 1. The van der Waals surface area contributed by atoms with Crippen molar-refractivity contribution in [2.75, 3.05) is 18.9 Å². The van der Waals surface area contributed by atoms with Crippen LogP contribution in [-0.2, 0) is 4.74 Å². The van der Waals surface area contributed by atoms with Crippen molar-refractivity contribution >= 4 is 28.6 Å². The summed E-state index contributed by atoms with van der Waals surface area (Å²) in [5.74, 6) is 1.08. The fraction of sp³-hybridized carbons (Fsp3) is 0.588. The lowest BCUT2D eigenvalue weighted by Gasteiger charge is -2.15. The fourth-order valence-electron chi connectivity index (χ4n) is 2.50. The van der Waals surface area contributed by atoms with Crippen molar-refractivity contribution in [1.29, 1.82) is 0 Å². The van der Waals surface area contributed by atoms with E-state index < -0.39 is 0 Å². The minimum Gasteiger partial charge on any atom is -0.462 e. The Kier molecular flexibility index (Phi) is 6.48. The lowest BCUT2D eigenvalue weighted by atomic mass is 10.1. The van der Waals surface area contributed by atoms with Gasteiger partial charge in [-0.15, -0.1) is 0 Å². The molecule has 2 N–H and O–H groups in total. The summed E-state index contributed by atoms with van der Waals surface area (Å²) in [6, 6.07) is 0. The second-order valence-electron chi connectivity index (χ2n) is 6.17. The van der Waals surface area contributed by atoms with Crippen LogP contribution in [0.25, 0.3) is 0 Å². The number of hydrogen-bond acceptors (Lipinski definition) is 5. The number of aryl methyl sites for hydroxylation is 1. The standard InChI is InChI=1S/C17H26N4O2S/c1-6-23-16(22)14-11(4)15(19-12(14)5)13-9-24-17(21-20-13)18-8-7-10(2)3/h10,19H,6-9H2,1-5H3,(H,18,21). The molecule has 6 nitrogen and oxygen atoms in total. The molecule has 2 rings (SSSR count). The highest BCUT2D eigenvalue weighted by Crippen LogP contribution is 2.22. The molecule has 1 aliphatic heterocycles. The first-order valence-corrected chi connectivity index (χ1v) is 9.29. The van der Waals surface area contributed by atoms with E-state index in [1.54, 1.807) is 11.8 Å². The van der Waals surface area contributed by atoms with Crippen LogP contribution >= 0.6 is 11.8 Å². The predicted octanol–water partition coefficient (Wildman–Crippen LogP) is 3.25. The van der Waals surface area contributed by atoms with Crippen molar-refractivity contribution in [1.82, 2.24) is 10.4 Å². The molecule has 2 heterocycles. The maximum atomic E-state index is 12.1. The topological polar surface area (TPSA) is 78.8 Å². The van der Waals surface area contributed by atoms with E-state index in [9.17, 15) is 4.79 Å². The van der Waals surface area contributed by atoms with Gasteiger partial charge < -0.3 is 9.72 Å². The third-order valence-electron chi connectivity index (χ3n) is 3.80. The van der Waals surface area contributed by atoms with E-state index in [0.29, 0.717) is 18.1 Å². The van der Waals surface area contributed by atoms with Crippen molar-refractivity contribution in [3.63, 3.8) is 0 Å². The Labute approximate surface area is 147 Å². The van der Waals surface area contributed by atoms with Gasteiger partial charge in [-0.2, -0.15) is 5.10 Å². The van der Waals surface area contributed by atoms with Gasteiger partial charge in [0.2, 0.25) is 0 Å². The molecule has 0 fully saturated rings. The number of H-pyrrole nitrogens is 1. The molecule has 0 radical (unpaired) electrons. The van der Waals surface area contributed by atoms with Crippen LogP contribution in [0.1, 0.15) is 54.5 Å². The van der Waals surface area contributed by atoms with E-state index in [4.69, 9.17) is 4.74 Å². The van der Waals surface area contributed by atoms with Gasteiger partial charge in [0.15, 0.2) is 5.17 Å². The van der Waals surface area contributed by atoms with E-state index in [0.717, 1.165) is 46.5 Å². The predicted molar refractivity (Wildman–Crippen MR) is 100 cm³/mol. The van der Waals surface area contributed by atoms with Crippen molar-refractivity contribution in [2.45, 2.75) is 41.0 Å². The summed E-state index contributed by atoms with van der Waals surface area (Å²) < 4.78 is 5.13. The highest BCUT2D eigenvalue weighted by atomic mass is 32.2. The smallest absolute Gasteiger partial charge is 0.340 e. The molecule has 0 saturated carbocycles. The van der Waals surface area contributed by atoms with Gasteiger partial charge in [0.05, 0.1) is 23.6 Å². The summed E-state index contributed by atoms with van der Waals surface area (Å²) in [7, 11) is 0. The number of amidine groups is 1. The zero-order chi connectivity index (χ0) is 17.7. The molecule has 0 aliphatic carbocycles. The van der Waals surface area contributed by atoms with Crippen LogP contribution in [0, 0.1) is 19.8 Å². The molecule has 1 aromatic heterocycles. The molecule has 0 unspecified atom stereocenters. The van der Waals surface area contributed by atoms with E-state index in [1.807, 2.05) is 20.8 Å². The lowest BCUT2D eigenvalue weighted by molar-refractivity contribution is 0.0525. The van der Waals surface area contributed by atoms with Gasteiger partial charge in [0.1, 0.15) is 0 Å². The van der Waals surface area contributed by atoms with Crippen LogP contribution in [0.2, 0.25) is 0 Å². The zero-order valence-corrected chi connectivity index (χ0v) is 15.8. The van der Waals surface area contributed by atoms with Crippen molar-refractivity contribution in [3.8, 4) is 0 Å². The molecular weight excluding hydrogens is 324 g/mol. The summed E-state index contributed by atoms with van der Waals surface area (Å²) in [5, 5.41) is 5.28. The number of esters is 1. The third kappa shape index (κ3) is 4.41. The molecule has 0 saturated heterocycles. The number of nitrogens with zero attached hydrogens (tertiary/aromatic N) is 2. The van der Waals surface area contributed by atoms with Crippen molar-refractivity contribution < 1.29 is 9.53 Å². The Balaban J connectivity index is 2.12. The summed E-state index contributed by atoms with van der Waals surface area (Å²) >= 11 is 1.63. The van der Waals surface area contributed by atoms with Gasteiger partial charge in [-0.3, -0.25) is 10.4 Å². The Morgan fingerprint density at radius 3 is 2.75 bits per heavy atom. The van der Waals surface area contributed by atoms with Crippen LogP contribution in [-0.4, -0.2) is 40.7 Å². The summed E-state index contributed by atoms with van der Waals surface area (Å²) in [5.41, 5.74) is 7.09. The van der Waals surface area contributed by atoms with Gasteiger partial charge in [-0.25, -0.2) is 4.79 Å². The lowest BCUT2D eigenvalue weighted by Crippen LogP contribution is -2.26. The second-order valence-corrected chi connectivity index (χ2v) is 7.14. The Morgan fingerprint density at radius 2 is 2.17 bits per heavy atom. The summed E-state index contributed by atoms with van der Waals surface area (Å²) in [4.78, 5) is 19.9. The first-order chi connectivity index (χ1) is 11.4. The highest BCUT2D eigenvalue weighted by Gasteiger charge is 2.23. The van der Waals surface area contributed by atoms with Gasteiger partial charge in [0, 0.05) is 18.0 Å². The number of carbonyl (C=O) groups is 1. The van der Waals surface area contributed by atoms with E-state index in [-0.39, 0.29) is 5.97 Å². The summed E-state index contributed by atoms with van der Waals surface area (Å²) in [6.07, 6.45) is 1.07. The molecule has 7 heteroatoms. The monoisotopic (exact) mass is 350 g/mol. The van der Waals surface area contributed by atoms with Crippen LogP contribution in [0.4, 0.5) is 0 Å². The molecular formula is C17H26N4O2S. The largest absolute Gasteiger partial charge is 0.462 e. The molecule has 0 bridgehead atoms. The number of hydrogen-bond donors (Lipinski definition) is 2. The van der Waals surface area contributed by atoms with Gasteiger partial charge >= 0.3 is 5.97 Å². The Morgan fingerprint density at radius 1 is 1.42 bits per heavy atom. The minimum absolute atomic E-state index is 0.289. The normalized spacial score (nSPS) is 16.2. The number of thioether (sulfide) groups is 1. The number of carbonyl (C=O) groups excluding carboxylic acids is 1. The maximum absolute atomic E-state index is 12.1. The number of hydrazone groups is 1.